The molecule has 0 amide bonds. The number of ketones is 3. The highest BCUT2D eigenvalue weighted by atomic mass is 16.5. The first-order valence-electron chi connectivity index (χ1n) is 9.94. The Labute approximate surface area is 182 Å². The lowest BCUT2D eigenvalue weighted by molar-refractivity contribution is -0.123. The van der Waals surface area contributed by atoms with Crippen LogP contribution in [0.3, 0.4) is 0 Å². The van der Waals surface area contributed by atoms with Crippen molar-refractivity contribution in [2.75, 3.05) is 0 Å². The Balaban J connectivity index is 1.72. The van der Waals surface area contributed by atoms with Crippen molar-refractivity contribution in [3.8, 4) is 17.2 Å². The summed E-state index contributed by atoms with van der Waals surface area (Å²) in [6, 6.07) is 9.13. The third-order valence-electron chi connectivity index (χ3n) is 6.14. The van der Waals surface area contributed by atoms with E-state index in [0.29, 0.717) is 0 Å². The number of aliphatic hydroxyl groups excluding tert-OH is 1. The fourth-order valence-corrected chi connectivity index (χ4v) is 4.43. The van der Waals surface area contributed by atoms with Crippen molar-refractivity contribution in [1.29, 1.82) is 0 Å². The zero-order valence-corrected chi connectivity index (χ0v) is 17.5. The summed E-state index contributed by atoms with van der Waals surface area (Å²) in [5.74, 6) is -2.34. The highest BCUT2D eigenvalue weighted by Gasteiger charge is 2.56. The van der Waals surface area contributed by atoms with E-state index in [4.69, 9.17) is 9.47 Å². The number of benzene rings is 2. The predicted octanol–water partition coefficient (Wildman–Crippen LogP) is 3.83. The average molecular weight is 430 g/mol. The van der Waals surface area contributed by atoms with Crippen LogP contribution in [0.25, 0.3) is 6.08 Å². The summed E-state index contributed by atoms with van der Waals surface area (Å²) in [7, 11) is 0. The summed E-state index contributed by atoms with van der Waals surface area (Å²) in [4.78, 5) is 38.6. The lowest BCUT2D eigenvalue weighted by Crippen LogP contribution is -2.38. The number of hydrogen-bond acceptors (Lipinski definition) is 7. The number of aromatic hydroxyl groups is 1. The maximum absolute atomic E-state index is 13.3. The zero-order chi connectivity index (χ0) is 22.9. The third kappa shape index (κ3) is 2.39. The molecular weight excluding hydrogens is 412 g/mol. The lowest BCUT2D eigenvalue weighted by atomic mass is 9.71. The van der Waals surface area contributed by atoms with Crippen molar-refractivity contribution >= 4 is 23.4 Å². The van der Waals surface area contributed by atoms with E-state index in [-0.39, 0.29) is 51.0 Å². The van der Waals surface area contributed by atoms with Crippen LogP contribution in [-0.2, 0) is 15.0 Å². The van der Waals surface area contributed by atoms with Gasteiger partial charge in [0.2, 0.25) is 5.78 Å². The average Bonchev–Trinajstić information content (AvgIpc) is 3.22. The third-order valence-corrected chi connectivity index (χ3v) is 6.14. The minimum absolute atomic E-state index is 0.00994. The number of fused-ring (bicyclic) bond motifs is 5. The van der Waals surface area contributed by atoms with Gasteiger partial charge >= 0.3 is 0 Å². The van der Waals surface area contributed by atoms with Crippen LogP contribution in [0.4, 0.5) is 0 Å². The number of phenols is 1. The van der Waals surface area contributed by atoms with Crippen LogP contribution in [0, 0.1) is 6.92 Å². The van der Waals surface area contributed by atoms with Crippen LogP contribution >= 0.6 is 0 Å². The van der Waals surface area contributed by atoms with Gasteiger partial charge in [-0.2, -0.15) is 0 Å². The van der Waals surface area contributed by atoms with E-state index in [9.17, 15) is 24.6 Å². The molecule has 2 aromatic rings. The van der Waals surface area contributed by atoms with E-state index in [0.717, 1.165) is 5.56 Å². The van der Waals surface area contributed by atoms with Gasteiger partial charge in [0, 0.05) is 11.6 Å². The molecule has 0 saturated heterocycles. The molecule has 2 aliphatic heterocycles. The number of rotatable bonds is 2. The van der Waals surface area contributed by atoms with Gasteiger partial charge in [-0.15, -0.1) is 0 Å². The number of hydrogen-bond donors (Lipinski definition) is 2. The second-order valence-corrected chi connectivity index (χ2v) is 8.11. The van der Waals surface area contributed by atoms with Crippen molar-refractivity contribution in [3.05, 3.63) is 81.5 Å². The van der Waals surface area contributed by atoms with Gasteiger partial charge in [0.15, 0.2) is 23.1 Å². The van der Waals surface area contributed by atoms with Gasteiger partial charge in [-0.05, 0) is 32.4 Å². The Morgan fingerprint density at radius 2 is 1.75 bits per heavy atom. The van der Waals surface area contributed by atoms with E-state index in [1.54, 1.807) is 13.0 Å². The Morgan fingerprint density at radius 1 is 1.06 bits per heavy atom. The second-order valence-electron chi connectivity index (χ2n) is 8.11. The molecule has 2 N–H and O–H groups in total. The number of aliphatic hydroxyl groups is 1. The monoisotopic (exact) mass is 430 g/mol. The van der Waals surface area contributed by atoms with Gasteiger partial charge < -0.3 is 19.7 Å². The van der Waals surface area contributed by atoms with Gasteiger partial charge in [0.25, 0.3) is 0 Å². The first-order valence-corrected chi connectivity index (χ1v) is 9.94. The summed E-state index contributed by atoms with van der Waals surface area (Å²) in [6.45, 7) is 4.24. The quantitative estimate of drug-likeness (QED) is 0.550. The first kappa shape index (κ1) is 19.8. The molecule has 0 spiro atoms. The molecule has 7 nitrogen and oxygen atoms in total. The molecule has 0 aromatic heterocycles. The maximum atomic E-state index is 13.3. The fraction of sp³-hybridized carbons (Fsp3) is 0.160. The first-order chi connectivity index (χ1) is 15.2. The van der Waals surface area contributed by atoms with Crippen molar-refractivity contribution in [1.82, 2.24) is 0 Å². The number of ether oxygens (including phenoxy) is 2. The topological polar surface area (TPSA) is 110 Å². The summed E-state index contributed by atoms with van der Waals surface area (Å²) in [6.07, 6.45) is 2.76. The summed E-state index contributed by atoms with van der Waals surface area (Å²) in [5.41, 5.74) is -0.761. The smallest absolute Gasteiger partial charge is 0.235 e. The van der Waals surface area contributed by atoms with Crippen LogP contribution in [0.5, 0.6) is 17.2 Å². The number of phenolic OH excluding ortho intramolecular Hbond substituents is 1. The summed E-state index contributed by atoms with van der Waals surface area (Å²) in [5, 5.41) is 21.3. The van der Waals surface area contributed by atoms with Gasteiger partial charge in [-0.25, -0.2) is 0 Å². The van der Waals surface area contributed by atoms with E-state index in [1.807, 2.05) is 30.3 Å². The molecule has 5 rings (SSSR count). The fourth-order valence-electron chi connectivity index (χ4n) is 4.43. The van der Waals surface area contributed by atoms with Crippen LogP contribution in [0.1, 0.15) is 40.9 Å². The highest BCUT2D eigenvalue weighted by Crippen LogP contribution is 2.59. The molecule has 0 bridgehead atoms. The summed E-state index contributed by atoms with van der Waals surface area (Å²) < 4.78 is 11.7. The maximum Gasteiger partial charge on any atom is 0.235 e. The van der Waals surface area contributed by atoms with Crippen molar-refractivity contribution in [3.63, 3.8) is 0 Å². The Hall–Kier alpha value is -4.13. The molecule has 0 fully saturated rings. The molecule has 0 saturated carbocycles. The van der Waals surface area contributed by atoms with E-state index >= 15 is 0 Å². The Bertz CT molecular complexity index is 1360. The molecular formula is C25H18O7. The number of allylic oxidation sites excluding steroid dienone is 4. The van der Waals surface area contributed by atoms with Crippen molar-refractivity contribution in [2.24, 2.45) is 0 Å². The Kier molecular flexibility index (Phi) is 3.98. The van der Waals surface area contributed by atoms with E-state index in [2.05, 4.69) is 0 Å². The highest BCUT2D eigenvalue weighted by molar-refractivity contribution is 6.26. The molecule has 160 valence electrons. The van der Waals surface area contributed by atoms with E-state index < -0.39 is 28.5 Å². The largest absolute Gasteiger partial charge is 0.507 e. The Morgan fingerprint density at radius 3 is 2.41 bits per heavy atom. The number of carbonyl (C=O) groups is 3. The van der Waals surface area contributed by atoms with Gasteiger partial charge in [0.1, 0.15) is 39.6 Å². The van der Waals surface area contributed by atoms with Crippen LogP contribution in [0.15, 0.2) is 59.3 Å². The van der Waals surface area contributed by atoms with Crippen molar-refractivity contribution < 1.29 is 34.1 Å². The molecule has 2 aromatic carbocycles. The molecule has 2 heterocycles. The van der Waals surface area contributed by atoms with Crippen LogP contribution in [-0.4, -0.2) is 27.6 Å². The minimum Gasteiger partial charge on any atom is -0.507 e. The molecule has 1 atom stereocenters. The van der Waals surface area contributed by atoms with Crippen LogP contribution in [0.2, 0.25) is 0 Å². The normalized spacial score (nSPS) is 22.2. The SMILES string of the molecule is CC(=O)C1=C(O)C=C2Oc3c4c(c(C)c(O)c3[C@@]2(C)C1=O)O/C(=C\c1ccccc1)C4=O. The molecule has 32 heavy (non-hydrogen) atoms. The molecule has 3 aliphatic rings. The van der Waals surface area contributed by atoms with Crippen molar-refractivity contribution in [2.45, 2.75) is 26.2 Å². The number of Topliss-reactive ketones (excluding diaryl/α,β-unsaturated/α-hetero) is 3. The minimum atomic E-state index is -1.57. The van der Waals surface area contributed by atoms with E-state index in [1.165, 1.54) is 19.9 Å². The predicted molar refractivity (Wildman–Crippen MR) is 114 cm³/mol. The number of carbonyl (C=O) groups excluding carboxylic acids is 3. The summed E-state index contributed by atoms with van der Waals surface area (Å²) >= 11 is 0. The van der Waals surface area contributed by atoms with Gasteiger partial charge in [0.05, 0.1) is 5.56 Å². The van der Waals surface area contributed by atoms with Gasteiger partial charge in [-0.1, -0.05) is 30.3 Å². The zero-order valence-electron chi connectivity index (χ0n) is 17.5. The molecule has 1 aliphatic carbocycles. The standard InChI is InChI=1S/C25H18O7/c1-11-20(28)19-23(32-16-10-14(27)17(12(2)26)24(30)25(16,19)3)18-21(29)15(31-22(11)18)9-13-7-5-4-6-8-13/h4-10,27-28H,1-3H3/b15-9-/t25-/m0/s1. The second kappa shape index (κ2) is 6.43. The molecule has 7 heteroatoms. The molecule has 0 radical (unpaired) electrons. The lowest BCUT2D eigenvalue weighted by Gasteiger charge is -2.27. The van der Waals surface area contributed by atoms with Crippen LogP contribution < -0.4 is 9.47 Å². The molecule has 0 unspecified atom stereocenters. The van der Waals surface area contributed by atoms with Gasteiger partial charge in [-0.3, -0.25) is 14.4 Å².